The summed E-state index contributed by atoms with van der Waals surface area (Å²) in [7, 11) is 0. The van der Waals surface area contributed by atoms with E-state index in [2.05, 4.69) is 33.8 Å². The second-order valence-electron chi connectivity index (χ2n) is 8.36. The van der Waals surface area contributed by atoms with Gasteiger partial charge in [0.1, 0.15) is 5.78 Å². The van der Waals surface area contributed by atoms with Crippen molar-refractivity contribution in [2.24, 2.45) is 11.8 Å². The van der Waals surface area contributed by atoms with Crippen LogP contribution in [0.3, 0.4) is 0 Å². The monoisotopic (exact) mass is 427 g/mol. The lowest BCUT2D eigenvalue weighted by Crippen LogP contribution is -2.35. The van der Waals surface area contributed by atoms with Crippen LogP contribution < -0.4 is 10.6 Å². The summed E-state index contributed by atoms with van der Waals surface area (Å²) in [6.07, 6.45) is 6.27. The maximum Gasteiger partial charge on any atom is 0.143 e. The molecule has 2 fully saturated rings. The van der Waals surface area contributed by atoms with Gasteiger partial charge in [-0.25, -0.2) is 0 Å². The number of anilines is 1. The van der Waals surface area contributed by atoms with Crippen LogP contribution in [-0.4, -0.2) is 43.6 Å². The highest BCUT2D eigenvalue weighted by molar-refractivity contribution is 6.33. The molecule has 30 heavy (non-hydrogen) atoms. The van der Waals surface area contributed by atoms with Crippen LogP contribution in [0.2, 0.25) is 5.02 Å². The van der Waals surface area contributed by atoms with Crippen LogP contribution in [0.4, 0.5) is 5.69 Å². The summed E-state index contributed by atoms with van der Waals surface area (Å²) in [6, 6.07) is 10.3. The van der Waals surface area contributed by atoms with Crippen molar-refractivity contribution in [2.75, 3.05) is 38.2 Å². The van der Waals surface area contributed by atoms with E-state index >= 15 is 0 Å². The van der Waals surface area contributed by atoms with E-state index in [4.69, 9.17) is 16.3 Å². The largest absolute Gasteiger partial charge is 0.385 e. The zero-order valence-electron chi connectivity index (χ0n) is 17.3. The molecule has 5 nitrogen and oxygen atoms in total. The first-order valence-electron chi connectivity index (χ1n) is 11.0. The molecular formula is C24H30ClN3O2. The molecule has 0 aliphatic carbocycles. The number of carbonyl (C=O) groups excluding carboxylic acids is 1. The molecule has 4 rings (SSSR count). The Morgan fingerprint density at radius 3 is 2.90 bits per heavy atom. The molecule has 1 aromatic carbocycles. The molecule has 0 radical (unpaired) electrons. The number of nitrogens with one attached hydrogen (secondary N) is 2. The number of nitrogens with zero attached hydrogens (tertiary/aromatic N) is 1. The van der Waals surface area contributed by atoms with E-state index in [0.717, 1.165) is 81.0 Å². The summed E-state index contributed by atoms with van der Waals surface area (Å²) < 4.78 is 5.44. The average molecular weight is 428 g/mol. The molecule has 0 spiro atoms. The van der Waals surface area contributed by atoms with Gasteiger partial charge in [0.25, 0.3) is 0 Å². The van der Waals surface area contributed by atoms with Crippen LogP contribution in [0.5, 0.6) is 0 Å². The molecule has 0 bridgehead atoms. The van der Waals surface area contributed by atoms with Gasteiger partial charge in [-0.15, -0.1) is 0 Å². The minimum Gasteiger partial charge on any atom is -0.385 e. The number of rotatable bonds is 7. The van der Waals surface area contributed by atoms with E-state index in [1.807, 2.05) is 12.1 Å². The predicted molar refractivity (Wildman–Crippen MR) is 121 cm³/mol. The first-order valence-corrected chi connectivity index (χ1v) is 11.4. The van der Waals surface area contributed by atoms with Crippen molar-refractivity contribution in [3.63, 3.8) is 0 Å². The van der Waals surface area contributed by atoms with Crippen molar-refractivity contribution >= 4 is 23.1 Å². The zero-order chi connectivity index (χ0) is 20.8. The van der Waals surface area contributed by atoms with Crippen molar-refractivity contribution in [3.05, 3.63) is 47.2 Å². The highest BCUT2D eigenvalue weighted by atomic mass is 35.5. The summed E-state index contributed by atoms with van der Waals surface area (Å²) in [5, 5.41) is 7.48. The molecule has 2 aliphatic rings. The molecule has 160 valence electrons. The number of aromatic nitrogens is 1. The van der Waals surface area contributed by atoms with Crippen LogP contribution in [-0.2, 0) is 16.0 Å². The first kappa shape index (κ1) is 21.3. The van der Waals surface area contributed by atoms with Gasteiger partial charge in [0.15, 0.2) is 0 Å². The van der Waals surface area contributed by atoms with E-state index in [0.29, 0.717) is 17.4 Å². The van der Waals surface area contributed by atoms with Gasteiger partial charge >= 0.3 is 0 Å². The van der Waals surface area contributed by atoms with Crippen LogP contribution in [0, 0.1) is 11.8 Å². The SMILES string of the molecule is O=C(Cc1cc(-c2cccc(NCC3CCOCC3)c2)c(Cl)cn1)[C@H]1CCCNC1. The van der Waals surface area contributed by atoms with Gasteiger partial charge in [0.05, 0.1) is 5.02 Å². The van der Waals surface area contributed by atoms with Crippen LogP contribution in [0.1, 0.15) is 31.4 Å². The van der Waals surface area contributed by atoms with E-state index in [9.17, 15) is 4.79 Å². The summed E-state index contributed by atoms with van der Waals surface area (Å²) >= 11 is 6.48. The lowest BCUT2D eigenvalue weighted by molar-refractivity contribution is -0.122. The Balaban J connectivity index is 1.45. The van der Waals surface area contributed by atoms with Gasteiger partial charge in [-0.1, -0.05) is 23.7 Å². The number of halogens is 1. The molecular weight excluding hydrogens is 398 g/mol. The second kappa shape index (κ2) is 10.4. The smallest absolute Gasteiger partial charge is 0.143 e. The third-order valence-corrected chi connectivity index (χ3v) is 6.43. The Bertz CT molecular complexity index is 861. The second-order valence-corrected chi connectivity index (χ2v) is 8.77. The standard InChI is InChI=1S/C24H30ClN3O2/c25-23-16-28-21(13-24(29)19-4-2-8-26-15-19)12-22(23)18-3-1-5-20(11-18)27-14-17-6-9-30-10-7-17/h1,3,5,11-12,16-17,19,26-27H,2,4,6-10,13-15H2/t19-/m0/s1. The molecule has 2 saturated heterocycles. The average Bonchev–Trinajstić information content (AvgIpc) is 2.80. The lowest BCUT2D eigenvalue weighted by Gasteiger charge is -2.22. The van der Waals surface area contributed by atoms with Crippen molar-refractivity contribution in [3.8, 4) is 11.1 Å². The zero-order valence-corrected chi connectivity index (χ0v) is 18.1. The molecule has 2 aromatic rings. The maximum absolute atomic E-state index is 12.7. The number of ether oxygens (including phenoxy) is 1. The van der Waals surface area contributed by atoms with Gasteiger partial charge in [-0.05, 0) is 61.9 Å². The van der Waals surface area contributed by atoms with E-state index in [-0.39, 0.29) is 11.7 Å². The van der Waals surface area contributed by atoms with Crippen LogP contribution in [0.15, 0.2) is 36.5 Å². The Labute approximate surface area is 183 Å². The number of hydrogen-bond acceptors (Lipinski definition) is 5. The molecule has 1 aromatic heterocycles. The third-order valence-electron chi connectivity index (χ3n) is 6.13. The highest BCUT2D eigenvalue weighted by Crippen LogP contribution is 2.30. The summed E-state index contributed by atoms with van der Waals surface area (Å²) in [6.45, 7) is 4.45. The quantitative estimate of drug-likeness (QED) is 0.687. The van der Waals surface area contributed by atoms with Crippen molar-refractivity contribution in [1.82, 2.24) is 10.3 Å². The van der Waals surface area contributed by atoms with Gasteiger partial charge in [0, 0.05) is 61.8 Å². The summed E-state index contributed by atoms with van der Waals surface area (Å²) in [5.74, 6) is 1.01. The number of ketones is 1. The van der Waals surface area contributed by atoms with Gasteiger partial charge in [-0.3, -0.25) is 9.78 Å². The first-order chi connectivity index (χ1) is 14.7. The number of benzene rings is 1. The van der Waals surface area contributed by atoms with Crippen molar-refractivity contribution < 1.29 is 9.53 Å². The summed E-state index contributed by atoms with van der Waals surface area (Å²) in [4.78, 5) is 17.1. The van der Waals surface area contributed by atoms with E-state index < -0.39 is 0 Å². The Morgan fingerprint density at radius 2 is 2.10 bits per heavy atom. The van der Waals surface area contributed by atoms with Crippen LogP contribution >= 0.6 is 11.6 Å². The minimum atomic E-state index is 0.0948. The number of hydrogen-bond donors (Lipinski definition) is 2. The summed E-state index contributed by atoms with van der Waals surface area (Å²) in [5.41, 5.74) is 3.82. The predicted octanol–water partition coefficient (Wildman–Crippen LogP) is 4.35. The topological polar surface area (TPSA) is 63.2 Å². The number of piperidine rings is 1. The van der Waals surface area contributed by atoms with Crippen LogP contribution in [0.25, 0.3) is 11.1 Å². The fourth-order valence-corrected chi connectivity index (χ4v) is 4.47. The fourth-order valence-electron chi connectivity index (χ4n) is 4.26. The van der Waals surface area contributed by atoms with Gasteiger partial charge in [-0.2, -0.15) is 0 Å². The third kappa shape index (κ3) is 5.60. The fraction of sp³-hybridized carbons (Fsp3) is 0.500. The molecule has 0 unspecified atom stereocenters. The molecule has 2 N–H and O–H groups in total. The van der Waals surface area contributed by atoms with Crippen molar-refractivity contribution in [2.45, 2.75) is 32.1 Å². The molecule has 3 heterocycles. The minimum absolute atomic E-state index is 0.0948. The van der Waals surface area contributed by atoms with Gasteiger partial charge < -0.3 is 15.4 Å². The lowest BCUT2D eigenvalue weighted by atomic mass is 9.92. The maximum atomic E-state index is 12.7. The van der Waals surface area contributed by atoms with E-state index in [1.165, 1.54) is 0 Å². The Morgan fingerprint density at radius 1 is 1.23 bits per heavy atom. The molecule has 0 amide bonds. The normalized spacial score (nSPS) is 20.1. The van der Waals surface area contributed by atoms with E-state index in [1.54, 1.807) is 6.20 Å². The highest BCUT2D eigenvalue weighted by Gasteiger charge is 2.21. The number of Topliss-reactive ketones (excluding diaryl/α,β-unsaturated/α-hetero) is 1. The Hall–Kier alpha value is -1.95. The Kier molecular flexibility index (Phi) is 7.37. The van der Waals surface area contributed by atoms with Gasteiger partial charge in [0.2, 0.25) is 0 Å². The van der Waals surface area contributed by atoms with Crippen molar-refractivity contribution in [1.29, 1.82) is 0 Å². The molecule has 1 atom stereocenters. The molecule has 2 aliphatic heterocycles. The molecule has 0 saturated carbocycles. The molecule has 6 heteroatoms. The number of pyridine rings is 1. The number of carbonyl (C=O) groups is 1.